The fourth-order valence-corrected chi connectivity index (χ4v) is 2.65. The van der Waals surface area contributed by atoms with Crippen LogP contribution in [0.15, 0.2) is 60.8 Å². The van der Waals surface area contributed by atoms with Crippen molar-refractivity contribution >= 4 is 17.6 Å². The van der Waals surface area contributed by atoms with Crippen LogP contribution >= 0.6 is 11.6 Å². The summed E-state index contributed by atoms with van der Waals surface area (Å²) >= 11 is 5.97. The van der Waals surface area contributed by atoms with Crippen LogP contribution in [0.3, 0.4) is 0 Å². The summed E-state index contributed by atoms with van der Waals surface area (Å²) < 4.78 is 6.79. The molecule has 0 aliphatic carbocycles. The summed E-state index contributed by atoms with van der Waals surface area (Å²) in [7, 11) is 0. The molecule has 0 aliphatic rings. The van der Waals surface area contributed by atoms with Crippen molar-refractivity contribution in [3.63, 3.8) is 0 Å². The Morgan fingerprint density at radius 3 is 2.58 bits per heavy atom. The summed E-state index contributed by atoms with van der Waals surface area (Å²) in [6.45, 7) is 1.53. The number of hydrogen-bond acceptors (Lipinski definition) is 4. The quantitative estimate of drug-likeness (QED) is 0.636. The van der Waals surface area contributed by atoms with Gasteiger partial charge in [0.1, 0.15) is 6.07 Å². The summed E-state index contributed by atoms with van der Waals surface area (Å²) in [6, 6.07) is 18.8. The molecular weight excluding hydrogens is 350 g/mol. The van der Waals surface area contributed by atoms with Crippen LogP contribution < -0.4 is 0 Å². The molecule has 0 bridgehead atoms. The molecule has 0 spiro atoms. The van der Waals surface area contributed by atoms with Crippen LogP contribution in [-0.2, 0) is 16.0 Å². The van der Waals surface area contributed by atoms with Crippen molar-refractivity contribution in [1.29, 1.82) is 5.26 Å². The van der Waals surface area contributed by atoms with E-state index in [0.717, 1.165) is 11.3 Å². The van der Waals surface area contributed by atoms with Gasteiger partial charge in [-0.25, -0.2) is 4.68 Å². The number of nitrogens with zero attached hydrogens (tertiary/aromatic N) is 3. The Bertz CT molecular complexity index is 943. The third-order valence-electron chi connectivity index (χ3n) is 3.75. The van der Waals surface area contributed by atoms with Gasteiger partial charge in [0.2, 0.25) is 0 Å². The molecule has 0 fully saturated rings. The Morgan fingerprint density at radius 2 is 1.92 bits per heavy atom. The van der Waals surface area contributed by atoms with Gasteiger partial charge in [-0.15, -0.1) is 0 Å². The topological polar surface area (TPSA) is 67.9 Å². The maximum absolute atomic E-state index is 12.1. The molecule has 0 aliphatic heterocycles. The summed E-state index contributed by atoms with van der Waals surface area (Å²) in [4.78, 5) is 12.1. The molecule has 130 valence electrons. The van der Waals surface area contributed by atoms with E-state index in [1.54, 1.807) is 23.0 Å². The molecule has 1 atom stereocenters. The van der Waals surface area contributed by atoms with Crippen LogP contribution in [0.5, 0.6) is 0 Å². The molecule has 1 heterocycles. The number of nitriles is 1. The van der Waals surface area contributed by atoms with E-state index in [-0.39, 0.29) is 6.42 Å². The monoisotopic (exact) mass is 365 g/mol. The molecule has 26 heavy (non-hydrogen) atoms. The highest BCUT2D eigenvalue weighted by Gasteiger charge is 2.17. The van der Waals surface area contributed by atoms with Crippen molar-refractivity contribution in [1.82, 2.24) is 9.78 Å². The van der Waals surface area contributed by atoms with Gasteiger partial charge in [-0.3, -0.25) is 4.79 Å². The second kappa shape index (κ2) is 7.85. The highest BCUT2D eigenvalue weighted by atomic mass is 35.5. The summed E-state index contributed by atoms with van der Waals surface area (Å²) in [5, 5.41) is 14.1. The van der Waals surface area contributed by atoms with Gasteiger partial charge in [0.25, 0.3) is 0 Å². The molecule has 0 unspecified atom stereocenters. The summed E-state index contributed by atoms with van der Waals surface area (Å²) in [5.41, 5.74) is 3.12. The number of ether oxygens (including phenoxy) is 1. The van der Waals surface area contributed by atoms with E-state index in [0.29, 0.717) is 16.3 Å². The zero-order valence-corrected chi connectivity index (χ0v) is 14.8. The Hall–Kier alpha value is -3.10. The predicted molar refractivity (Wildman–Crippen MR) is 98.9 cm³/mol. The first-order valence-corrected chi connectivity index (χ1v) is 8.43. The van der Waals surface area contributed by atoms with E-state index in [1.807, 2.05) is 48.5 Å². The van der Waals surface area contributed by atoms with Gasteiger partial charge in [-0.2, -0.15) is 10.4 Å². The molecule has 0 radical (unpaired) electrons. The Morgan fingerprint density at radius 1 is 1.23 bits per heavy atom. The SMILES string of the molecule is C[C@@H](C#N)OC(=O)Cc1cn(-c2ccccc2)nc1-c1ccc(Cl)cc1. The summed E-state index contributed by atoms with van der Waals surface area (Å²) in [5.74, 6) is -0.470. The molecular formula is C20H16ClN3O2. The molecule has 3 rings (SSSR count). The standard InChI is InChI=1S/C20H16ClN3O2/c1-14(12-22)26-19(25)11-16-13-24(18-5-3-2-4-6-18)23-20(16)15-7-9-17(21)10-8-15/h2-10,13-14H,11H2,1H3/t14-/m0/s1. The zero-order valence-electron chi connectivity index (χ0n) is 14.1. The van der Waals surface area contributed by atoms with Crippen molar-refractivity contribution in [3.8, 4) is 23.0 Å². The van der Waals surface area contributed by atoms with Gasteiger partial charge < -0.3 is 4.74 Å². The van der Waals surface area contributed by atoms with Crippen LogP contribution in [0.2, 0.25) is 5.02 Å². The number of esters is 1. The minimum Gasteiger partial charge on any atom is -0.447 e. The van der Waals surface area contributed by atoms with E-state index in [2.05, 4.69) is 5.10 Å². The average Bonchev–Trinajstić information content (AvgIpc) is 3.06. The first-order chi connectivity index (χ1) is 12.6. The number of para-hydroxylation sites is 1. The largest absolute Gasteiger partial charge is 0.447 e. The molecule has 0 saturated carbocycles. The third-order valence-corrected chi connectivity index (χ3v) is 4.01. The highest BCUT2D eigenvalue weighted by molar-refractivity contribution is 6.30. The molecule has 6 heteroatoms. The average molecular weight is 366 g/mol. The smallest absolute Gasteiger partial charge is 0.311 e. The third kappa shape index (κ3) is 4.11. The second-order valence-electron chi connectivity index (χ2n) is 5.73. The van der Waals surface area contributed by atoms with Gasteiger partial charge in [0.15, 0.2) is 6.10 Å². The minimum atomic E-state index is -0.786. The maximum Gasteiger partial charge on any atom is 0.311 e. The van der Waals surface area contributed by atoms with Crippen molar-refractivity contribution in [3.05, 3.63) is 71.4 Å². The van der Waals surface area contributed by atoms with Gasteiger partial charge in [-0.05, 0) is 31.2 Å². The van der Waals surface area contributed by atoms with E-state index in [1.165, 1.54) is 6.92 Å². The highest BCUT2D eigenvalue weighted by Crippen LogP contribution is 2.26. The van der Waals surface area contributed by atoms with Crippen molar-refractivity contribution in [2.75, 3.05) is 0 Å². The Kier molecular flexibility index (Phi) is 5.35. The number of carbonyl (C=O) groups excluding carboxylic acids is 1. The lowest BCUT2D eigenvalue weighted by Gasteiger charge is -2.06. The predicted octanol–water partition coefficient (Wildman–Crippen LogP) is 4.19. The first-order valence-electron chi connectivity index (χ1n) is 8.06. The fraction of sp³-hybridized carbons (Fsp3) is 0.150. The number of carbonyl (C=O) groups is 1. The van der Waals surface area contributed by atoms with Crippen LogP contribution in [0.1, 0.15) is 12.5 Å². The molecule has 5 nitrogen and oxygen atoms in total. The van der Waals surface area contributed by atoms with Gasteiger partial charge in [0.05, 0.1) is 17.8 Å². The molecule has 0 N–H and O–H groups in total. The van der Waals surface area contributed by atoms with Gasteiger partial charge in [-0.1, -0.05) is 41.9 Å². The molecule has 3 aromatic rings. The van der Waals surface area contributed by atoms with Crippen LogP contribution in [0.25, 0.3) is 16.9 Å². The maximum atomic E-state index is 12.1. The van der Waals surface area contributed by atoms with Crippen LogP contribution in [-0.4, -0.2) is 21.9 Å². The zero-order chi connectivity index (χ0) is 18.5. The Balaban J connectivity index is 1.98. The number of halogens is 1. The van der Waals surface area contributed by atoms with Crippen LogP contribution in [0.4, 0.5) is 0 Å². The normalized spacial score (nSPS) is 11.6. The number of aromatic nitrogens is 2. The number of benzene rings is 2. The molecule has 1 aromatic heterocycles. The van der Waals surface area contributed by atoms with Crippen molar-refractivity contribution in [2.24, 2.45) is 0 Å². The molecule has 0 saturated heterocycles. The van der Waals surface area contributed by atoms with Gasteiger partial charge >= 0.3 is 5.97 Å². The second-order valence-corrected chi connectivity index (χ2v) is 6.16. The van der Waals surface area contributed by atoms with Crippen molar-refractivity contribution < 1.29 is 9.53 Å². The summed E-state index contributed by atoms with van der Waals surface area (Å²) in [6.07, 6.45) is 1.04. The molecule has 0 amide bonds. The Labute approximate surface area is 156 Å². The van der Waals surface area contributed by atoms with Crippen LogP contribution in [0, 0.1) is 11.3 Å². The number of rotatable bonds is 5. The molecule has 2 aromatic carbocycles. The fourth-order valence-electron chi connectivity index (χ4n) is 2.52. The number of hydrogen-bond donors (Lipinski definition) is 0. The van der Waals surface area contributed by atoms with Gasteiger partial charge in [0, 0.05) is 22.3 Å². The van der Waals surface area contributed by atoms with E-state index in [9.17, 15) is 4.79 Å². The van der Waals surface area contributed by atoms with Crippen molar-refractivity contribution in [2.45, 2.75) is 19.4 Å². The lowest BCUT2D eigenvalue weighted by Crippen LogP contribution is -2.15. The first kappa shape index (κ1) is 17.7. The lowest BCUT2D eigenvalue weighted by atomic mass is 10.1. The van der Waals surface area contributed by atoms with E-state index >= 15 is 0 Å². The lowest BCUT2D eigenvalue weighted by molar-refractivity contribution is -0.145. The van der Waals surface area contributed by atoms with E-state index in [4.69, 9.17) is 21.6 Å². The van der Waals surface area contributed by atoms with E-state index < -0.39 is 12.1 Å². The minimum absolute atomic E-state index is 0.0246.